The SMILES string of the molecule is COc1ccc2c(c1)OC(C)CN(CCC(=O)N1CCOCC1)C2. The van der Waals surface area contributed by atoms with E-state index in [0.29, 0.717) is 32.7 Å². The van der Waals surface area contributed by atoms with E-state index < -0.39 is 0 Å². The number of hydrogen-bond acceptors (Lipinski definition) is 5. The van der Waals surface area contributed by atoms with Crippen molar-refractivity contribution in [2.24, 2.45) is 0 Å². The molecule has 6 heteroatoms. The van der Waals surface area contributed by atoms with Gasteiger partial charge in [-0.15, -0.1) is 0 Å². The van der Waals surface area contributed by atoms with E-state index in [2.05, 4.69) is 11.8 Å². The largest absolute Gasteiger partial charge is 0.497 e. The van der Waals surface area contributed by atoms with Gasteiger partial charge in [-0.25, -0.2) is 0 Å². The van der Waals surface area contributed by atoms with E-state index in [1.807, 2.05) is 23.1 Å². The number of rotatable bonds is 4. The minimum Gasteiger partial charge on any atom is -0.497 e. The Balaban J connectivity index is 1.60. The van der Waals surface area contributed by atoms with E-state index in [1.54, 1.807) is 7.11 Å². The van der Waals surface area contributed by atoms with Crippen molar-refractivity contribution in [3.8, 4) is 11.5 Å². The number of benzene rings is 1. The van der Waals surface area contributed by atoms with Crippen LogP contribution in [0.25, 0.3) is 0 Å². The van der Waals surface area contributed by atoms with Crippen molar-refractivity contribution in [2.75, 3.05) is 46.5 Å². The average Bonchev–Trinajstić information content (AvgIpc) is 2.77. The summed E-state index contributed by atoms with van der Waals surface area (Å²) in [6.45, 7) is 7.13. The van der Waals surface area contributed by atoms with Crippen LogP contribution in [0.4, 0.5) is 0 Å². The molecule has 1 fully saturated rings. The summed E-state index contributed by atoms with van der Waals surface area (Å²) in [5, 5.41) is 0. The number of morpholine rings is 1. The molecule has 0 N–H and O–H groups in total. The van der Waals surface area contributed by atoms with Gasteiger partial charge < -0.3 is 19.1 Å². The zero-order valence-corrected chi connectivity index (χ0v) is 14.5. The highest BCUT2D eigenvalue weighted by molar-refractivity contribution is 5.76. The monoisotopic (exact) mass is 334 g/mol. The van der Waals surface area contributed by atoms with Crippen LogP contribution >= 0.6 is 0 Å². The lowest BCUT2D eigenvalue weighted by atomic mass is 10.1. The Labute approximate surface area is 143 Å². The molecule has 0 aliphatic carbocycles. The molecular formula is C18H26N2O4. The van der Waals surface area contributed by atoms with E-state index in [-0.39, 0.29) is 12.0 Å². The van der Waals surface area contributed by atoms with Gasteiger partial charge in [-0.1, -0.05) is 6.07 Å². The molecule has 132 valence electrons. The molecule has 0 spiro atoms. The van der Waals surface area contributed by atoms with Gasteiger partial charge in [-0.2, -0.15) is 0 Å². The summed E-state index contributed by atoms with van der Waals surface area (Å²) in [5.41, 5.74) is 1.14. The highest BCUT2D eigenvalue weighted by Gasteiger charge is 2.22. The molecule has 24 heavy (non-hydrogen) atoms. The first-order valence-corrected chi connectivity index (χ1v) is 8.57. The van der Waals surface area contributed by atoms with E-state index in [4.69, 9.17) is 14.2 Å². The molecule has 2 aliphatic heterocycles. The van der Waals surface area contributed by atoms with Crippen molar-refractivity contribution in [2.45, 2.75) is 26.0 Å². The van der Waals surface area contributed by atoms with E-state index in [0.717, 1.165) is 36.7 Å². The molecular weight excluding hydrogens is 308 g/mol. The molecule has 1 saturated heterocycles. The number of carbonyl (C=O) groups is 1. The Bertz CT molecular complexity index is 572. The fourth-order valence-corrected chi connectivity index (χ4v) is 3.22. The molecule has 0 radical (unpaired) electrons. The van der Waals surface area contributed by atoms with Gasteiger partial charge in [0.15, 0.2) is 0 Å². The van der Waals surface area contributed by atoms with Crippen LogP contribution in [-0.4, -0.2) is 68.3 Å². The number of hydrogen-bond donors (Lipinski definition) is 0. The summed E-state index contributed by atoms with van der Waals surface area (Å²) in [6, 6.07) is 5.94. The molecule has 2 aliphatic rings. The van der Waals surface area contributed by atoms with Gasteiger partial charge in [0.2, 0.25) is 5.91 Å². The second-order valence-electron chi connectivity index (χ2n) is 6.38. The van der Waals surface area contributed by atoms with Crippen molar-refractivity contribution >= 4 is 5.91 Å². The van der Waals surface area contributed by atoms with Crippen LogP contribution < -0.4 is 9.47 Å². The molecule has 1 aromatic rings. The lowest BCUT2D eigenvalue weighted by Gasteiger charge is -2.28. The van der Waals surface area contributed by atoms with Gasteiger partial charge in [0.25, 0.3) is 0 Å². The van der Waals surface area contributed by atoms with E-state index in [9.17, 15) is 4.79 Å². The van der Waals surface area contributed by atoms with Crippen LogP contribution in [-0.2, 0) is 16.1 Å². The summed E-state index contributed by atoms with van der Waals surface area (Å²) in [7, 11) is 1.66. The third kappa shape index (κ3) is 4.19. The molecule has 1 aromatic carbocycles. The van der Waals surface area contributed by atoms with Gasteiger partial charge in [-0.3, -0.25) is 9.69 Å². The molecule has 0 bridgehead atoms. The summed E-state index contributed by atoms with van der Waals surface area (Å²) in [6.07, 6.45) is 0.620. The van der Waals surface area contributed by atoms with Gasteiger partial charge in [0.05, 0.1) is 20.3 Å². The van der Waals surface area contributed by atoms with Crippen LogP contribution in [0, 0.1) is 0 Å². The number of methoxy groups -OCH3 is 1. The van der Waals surface area contributed by atoms with Crippen LogP contribution in [0.2, 0.25) is 0 Å². The number of amides is 1. The molecule has 0 saturated carbocycles. The zero-order valence-electron chi connectivity index (χ0n) is 14.5. The van der Waals surface area contributed by atoms with Crippen molar-refractivity contribution in [3.05, 3.63) is 23.8 Å². The number of carbonyl (C=O) groups excluding carboxylic acids is 1. The van der Waals surface area contributed by atoms with Gasteiger partial charge in [0, 0.05) is 50.8 Å². The summed E-state index contributed by atoms with van der Waals surface area (Å²) in [4.78, 5) is 16.5. The Morgan fingerprint density at radius 1 is 1.33 bits per heavy atom. The number of ether oxygens (including phenoxy) is 3. The Hall–Kier alpha value is -1.79. The van der Waals surface area contributed by atoms with Crippen LogP contribution in [0.3, 0.4) is 0 Å². The molecule has 1 amide bonds. The second kappa shape index (κ2) is 7.85. The third-order valence-electron chi connectivity index (χ3n) is 4.52. The standard InChI is InChI=1S/C18H26N2O4/c1-14-12-19(6-5-18(21)20-7-9-23-10-8-20)13-15-3-4-16(22-2)11-17(15)24-14/h3-4,11,14H,5-10,12-13H2,1-2H3. The van der Waals surface area contributed by atoms with Crippen molar-refractivity contribution < 1.29 is 19.0 Å². The Morgan fingerprint density at radius 3 is 2.88 bits per heavy atom. The maximum atomic E-state index is 12.3. The highest BCUT2D eigenvalue weighted by atomic mass is 16.5. The fraction of sp³-hybridized carbons (Fsp3) is 0.611. The quantitative estimate of drug-likeness (QED) is 0.836. The van der Waals surface area contributed by atoms with Crippen molar-refractivity contribution in [1.82, 2.24) is 9.80 Å². The molecule has 0 aromatic heterocycles. The van der Waals surface area contributed by atoms with Crippen LogP contribution in [0.15, 0.2) is 18.2 Å². The number of fused-ring (bicyclic) bond motifs is 1. The predicted molar refractivity (Wildman–Crippen MR) is 90.4 cm³/mol. The molecule has 1 unspecified atom stereocenters. The molecule has 1 atom stereocenters. The first-order chi connectivity index (χ1) is 11.7. The predicted octanol–water partition coefficient (Wildman–Crippen LogP) is 1.53. The molecule has 6 nitrogen and oxygen atoms in total. The fourth-order valence-electron chi connectivity index (χ4n) is 3.22. The first kappa shape index (κ1) is 17.0. The van der Waals surface area contributed by atoms with Crippen LogP contribution in [0.5, 0.6) is 11.5 Å². The van der Waals surface area contributed by atoms with E-state index in [1.165, 1.54) is 0 Å². The van der Waals surface area contributed by atoms with Crippen molar-refractivity contribution in [3.63, 3.8) is 0 Å². The molecule has 2 heterocycles. The van der Waals surface area contributed by atoms with Gasteiger partial charge >= 0.3 is 0 Å². The lowest BCUT2D eigenvalue weighted by Crippen LogP contribution is -2.42. The average molecular weight is 334 g/mol. The summed E-state index contributed by atoms with van der Waals surface area (Å²) < 4.78 is 16.6. The van der Waals surface area contributed by atoms with Gasteiger partial charge in [-0.05, 0) is 13.0 Å². The minimum absolute atomic E-state index is 0.0804. The number of nitrogens with zero attached hydrogens (tertiary/aromatic N) is 2. The Kier molecular flexibility index (Phi) is 5.58. The maximum absolute atomic E-state index is 12.3. The lowest BCUT2D eigenvalue weighted by molar-refractivity contribution is -0.135. The normalized spacial score (nSPS) is 21.6. The summed E-state index contributed by atoms with van der Waals surface area (Å²) in [5.74, 6) is 1.90. The minimum atomic E-state index is 0.0804. The first-order valence-electron chi connectivity index (χ1n) is 8.57. The maximum Gasteiger partial charge on any atom is 0.224 e. The summed E-state index contributed by atoms with van der Waals surface area (Å²) >= 11 is 0. The van der Waals surface area contributed by atoms with Gasteiger partial charge in [0.1, 0.15) is 17.6 Å². The van der Waals surface area contributed by atoms with Crippen LogP contribution in [0.1, 0.15) is 18.9 Å². The Morgan fingerprint density at radius 2 is 2.12 bits per heavy atom. The second-order valence-corrected chi connectivity index (χ2v) is 6.38. The smallest absolute Gasteiger partial charge is 0.224 e. The zero-order chi connectivity index (χ0) is 16.9. The van der Waals surface area contributed by atoms with Crippen molar-refractivity contribution in [1.29, 1.82) is 0 Å². The topological polar surface area (TPSA) is 51.2 Å². The third-order valence-corrected chi connectivity index (χ3v) is 4.52. The highest BCUT2D eigenvalue weighted by Crippen LogP contribution is 2.29. The van der Waals surface area contributed by atoms with E-state index >= 15 is 0 Å². The molecule has 3 rings (SSSR count).